The SMILES string of the molecule is CC1(C)C[C@H](N[C@H]2CC(=O)N(C3CC3)C2)C(C)(C)O1. The number of hydrogen-bond donors (Lipinski definition) is 1. The Morgan fingerprint density at radius 3 is 2.47 bits per heavy atom. The fourth-order valence-electron chi connectivity index (χ4n) is 3.69. The van der Waals surface area contributed by atoms with Crippen LogP contribution in [0.5, 0.6) is 0 Å². The lowest BCUT2D eigenvalue weighted by atomic mass is 9.93. The fourth-order valence-corrected chi connectivity index (χ4v) is 3.69. The van der Waals surface area contributed by atoms with E-state index in [0.29, 0.717) is 30.5 Å². The summed E-state index contributed by atoms with van der Waals surface area (Å²) in [5, 5.41) is 3.68. The molecular weight excluding hydrogens is 240 g/mol. The van der Waals surface area contributed by atoms with E-state index >= 15 is 0 Å². The molecule has 2 atom stereocenters. The van der Waals surface area contributed by atoms with E-state index in [1.165, 1.54) is 12.8 Å². The van der Waals surface area contributed by atoms with Gasteiger partial charge in [-0.3, -0.25) is 4.79 Å². The Hall–Kier alpha value is -0.610. The van der Waals surface area contributed by atoms with Crippen LogP contribution in [-0.4, -0.2) is 46.7 Å². The molecule has 1 N–H and O–H groups in total. The van der Waals surface area contributed by atoms with Crippen molar-refractivity contribution in [2.45, 2.75) is 82.7 Å². The molecule has 3 fully saturated rings. The van der Waals surface area contributed by atoms with Crippen molar-refractivity contribution in [3.05, 3.63) is 0 Å². The first-order valence-electron chi connectivity index (χ1n) is 7.52. The van der Waals surface area contributed by atoms with Gasteiger partial charge in [-0.1, -0.05) is 0 Å². The number of carbonyl (C=O) groups is 1. The zero-order valence-electron chi connectivity index (χ0n) is 12.5. The van der Waals surface area contributed by atoms with E-state index < -0.39 is 0 Å². The van der Waals surface area contributed by atoms with Gasteiger partial charge in [-0.2, -0.15) is 0 Å². The zero-order chi connectivity index (χ0) is 13.8. The van der Waals surface area contributed by atoms with Gasteiger partial charge in [0.1, 0.15) is 0 Å². The van der Waals surface area contributed by atoms with Crippen LogP contribution in [-0.2, 0) is 9.53 Å². The number of nitrogens with one attached hydrogen (secondary N) is 1. The summed E-state index contributed by atoms with van der Waals surface area (Å²) in [6.07, 6.45) is 4.06. The number of rotatable bonds is 3. The van der Waals surface area contributed by atoms with Crippen molar-refractivity contribution >= 4 is 5.91 Å². The molecule has 0 radical (unpaired) electrons. The van der Waals surface area contributed by atoms with Gasteiger partial charge >= 0.3 is 0 Å². The van der Waals surface area contributed by atoms with E-state index in [9.17, 15) is 4.79 Å². The second kappa shape index (κ2) is 4.19. The van der Waals surface area contributed by atoms with Gasteiger partial charge in [0.05, 0.1) is 11.2 Å². The van der Waals surface area contributed by atoms with Crippen molar-refractivity contribution in [1.29, 1.82) is 0 Å². The maximum atomic E-state index is 12.0. The minimum atomic E-state index is -0.153. The monoisotopic (exact) mass is 266 g/mol. The van der Waals surface area contributed by atoms with Crippen LogP contribution >= 0.6 is 0 Å². The van der Waals surface area contributed by atoms with E-state index in [4.69, 9.17) is 4.74 Å². The number of likely N-dealkylation sites (tertiary alicyclic amines) is 1. The zero-order valence-corrected chi connectivity index (χ0v) is 12.5. The molecule has 19 heavy (non-hydrogen) atoms. The molecule has 2 saturated heterocycles. The molecule has 1 aliphatic carbocycles. The average molecular weight is 266 g/mol. The summed E-state index contributed by atoms with van der Waals surface area (Å²) in [7, 11) is 0. The molecule has 108 valence electrons. The minimum Gasteiger partial charge on any atom is -0.368 e. The standard InChI is InChI=1S/C15H26N2O2/c1-14(2)8-12(15(3,4)19-14)16-10-7-13(18)17(9-10)11-5-6-11/h10-12,16H,5-9H2,1-4H3/t10-,12-/m0/s1. The van der Waals surface area contributed by atoms with Crippen LogP contribution in [0.4, 0.5) is 0 Å². The van der Waals surface area contributed by atoms with Crippen LogP contribution in [0.1, 0.15) is 53.4 Å². The first-order valence-corrected chi connectivity index (χ1v) is 7.52. The van der Waals surface area contributed by atoms with Crippen molar-refractivity contribution in [1.82, 2.24) is 10.2 Å². The van der Waals surface area contributed by atoms with Crippen LogP contribution in [0.25, 0.3) is 0 Å². The number of carbonyl (C=O) groups excluding carboxylic acids is 1. The maximum Gasteiger partial charge on any atom is 0.224 e. The number of hydrogen-bond acceptors (Lipinski definition) is 3. The quantitative estimate of drug-likeness (QED) is 0.845. The Balaban J connectivity index is 1.61. The lowest BCUT2D eigenvalue weighted by molar-refractivity contribution is -0.128. The Kier molecular flexibility index (Phi) is 2.95. The van der Waals surface area contributed by atoms with Gasteiger partial charge in [0, 0.05) is 31.1 Å². The highest BCUT2D eigenvalue weighted by atomic mass is 16.5. The molecule has 0 unspecified atom stereocenters. The molecule has 3 rings (SSSR count). The summed E-state index contributed by atoms with van der Waals surface area (Å²) >= 11 is 0. The summed E-state index contributed by atoms with van der Waals surface area (Å²) in [6, 6.07) is 1.18. The molecule has 2 aliphatic heterocycles. The van der Waals surface area contributed by atoms with E-state index in [-0.39, 0.29) is 11.2 Å². The molecule has 0 aromatic heterocycles. The normalized spacial score (nSPS) is 37.1. The van der Waals surface area contributed by atoms with Crippen molar-refractivity contribution in [2.24, 2.45) is 0 Å². The largest absolute Gasteiger partial charge is 0.368 e. The lowest BCUT2D eigenvalue weighted by Gasteiger charge is -2.29. The molecule has 4 heteroatoms. The van der Waals surface area contributed by atoms with Gasteiger partial charge in [-0.05, 0) is 47.0 Å². The van der Waals surface area contributed by atoms with Crippen LogP contribution in [0.15, 0.2) is 0 Å². The minimum absolute atomic E-state index is 0.0695. The first kappa shape index (κ1) is 13.4. The third-order valence-electron chi connectivity index (χ3n) is 4.66. The van der Waals surface area contributed by atoms with E-state index in [0.717, 1.165) is 13.0 Å². The maximum absolute atomic E-state index is 12.0. The molecule has 0 bridgehead atoms. The molecule has 2 heterocycles. The Labute approximate surface area is 115 Å². The predicted molar refractivity (Wildman–Crippen MR) is 73.9 cm³/mol. The Morgan fingerprint density at radius 1 is 1.26 bits per heavy atom. The highest BCUT2D eigenvalue weighted by Crippen LogP contribution is 2.38. The van der Waals surface area contributed by atoms with Gasteiger partial charge in [0.2, 0.25) is 5.91 Å². The topological polar surface area (TPSA) is 41.6 Å². The van der Waals surface area contributed by atoms with Gasteiger partial charge in [-0.25, -0.2) is 0 Å². The summed E-state index contributed by atoms with van der Waals surface area (Å²) in [5.74, 6) is 0.330. The Morgan fingerprint density at radius 2 is 1.95 bits per heavy atom. The molecule has 0 aromatic carbocycles. The highest BCUT2D eigenvalue weighted by Gasteiger charge is 2.48. The summed E-state index contributed by atoms with van der Waals surface area (Å²) in [4.78, 5) is 14.1. The Bertz CT molecular complexity index is 388. The van der Waals surface area contributed by atoms with Crippen LogP contribution < -0.4 is 5.32 Å². The van der Waals surface area contributed by atoms with E-state index in [2.05, 4.69) is 37.9 Å². The fraction of sp³-hybridized carbons (Fsp3) is 0.933. The average Bonchev–Trinajstić information content (AvgIpc) is 2.97. The molecule has 1 saturated carbocycles. The first-order chi connectivity index (χ1) is 8.77. The smallest absolute Gasteiger partial charge is 0.224 e. The summed E-state index contributed by atoms with van der Waals surface area (Å²) in [5.41, 5.74) is -0.223. The molecular formula is C15H26N2O2. The van der Waals surface area contributed by atoms with Gasteiger partial charge < -0.3 is 15.0 Å². The van der Waals surface area contributed by atoms with Crippen molar-refractivity contribution in [2.75, 3.05) is 6.54 Å². The third kappa shape index (κ3) is 2.65. The van der Waals surface area contributed by atoms with Gasteiger partial charge in [0.25, 0.3) is 0 Å². The van der Waals surface area contributed by atoms with Crippen molar-refractivity contribution in [3.63, 3.8) is 0 Å². The second-order valence-corrected chi connectivity index (χ2v) is 7.57. The molecule has 4 nitrogen and oxygen atoms in total. The van der Waals surface area contributed by atoms with Gasteiger partial charge in [-0.15, -0.1) is 0 Å². The van der Waals surface area contributed by atoms with Crippen LogP contribution in [0.2, 0.25) is 0 Å². The molecule has 1 amide bonds. The molecule has 0 spiro atoms. The number of ether oxygens (including phenoxy) is 1. The van der Waals surface area contributed by atoms with Crippen LogP contribution in [0, 0.1) is 0 Å². The molecule has 3 aliphatic rings. The van der Waals surface area contributed by atoms with Gasteiger partial charge in [0.15, 0.2) is 0 Å². The number of nitrogens with zero attached hydrogens (tertiary/aromatic N) is 1. The highest BCUT2D eigenvalue weighted by molar-refractivity contribution is 5.80. The van der Waals surface area contributed by atoms with Crippen molar-refractivity contribution < 1.29 is 9.53 Å². The second-order valence-electron chi connectivity index (χ2n) is 7.57. The summed E-state index contributed by atoms with van der Waals surface area (Å²) in [6.45, 7) is 9.47. The summed E-state index contributed by atoms with van der Waals surface area (Å²) < 4.78 is 6.11. The van der Waals surface area contributed by atoms with Crippen molar-refractivity contribution in [3.8, 4) is 0 Å². The van der Waals surface area contributed by atoms with Crippen LogP contribution in [0.3, 0.4) is 0 Å². The number of amides is 1. The van der Waals surface area contributed by atoms with E-state index in [1.807, 2.05) is 0 Å². The predicted octanol–water partition coefficient (Wildman–Crippen LogP) is 1.69. The lowest BCUT2D eigenvalue weighted by Crippen LogP contribution is -2.48. The van der Waals surface area contributed by atoms with E-state index in [1.54, 1.807) is 0 Å². The third-order valence-corrected chi connectivity index (χ3v) is 4.66. The molecule has 0 aromatic rings.